The maximum absolute atomic E-state index is 10.6. The van der Waals surface area contributed by atoms with Gasteiger partial charge in [0.05, 0.1) is 0 Å². The summed E-state index contributed by atoms with van der Waals surface area (Å²) in [6, 6.07) is 7.70. The van der Waals surface area contributed by atoms with Gasteiger partial charge in [0.15, 0.2) is 0 Å². The van der Waals surface area contributed by atoms with Gasteiger partial charge in [0, 0.05) is 5.56 Å². The highest BCUT2D eigenvalue weighted by Crippen LogP contribution is 2.47. The summed E-state index contributed by atoms with van der Waals surface area (Å²) < 4.78 is 5.49. The van der Waals surface area contributed by atoms with E-state index < -0.39 is 5.60 Å². The summed E-state index contributed by atoms with van der Waals surface area (Å²) in [6.07, 6.45) is 0. The van der Waals surface area contributed by atoms with Crippen molar-refractivity contribution in [2.24, 2.45) is 5.41 Å². The smallest absolute Gasteiger partial charge is 0.132 e. The molecule has 2 rings (SSSR count). The highest BCUT2D eigenvalue weighted by molar-refractivity contribution is 5.42. The maximum Gasteiger partial charge on any atom is 0.132 e. The van der Waals surface area contributed by atoms with E-state index in [1.807, 2.05) is 45.0 Å². The second-order valence-electron chi connectivity index (χ2n) is 4.90. The molecule has 2 nitrogen and oxygen atoms in total. The van der Waals surface area contributed by atoms with Crippen molar-refractivity contribution in [3.8, 4) is 5.75 Å². The average molecular weight is 192 g/mol. The second kappa shape index (κ2) is 2.74. The van der Waals surface area contributed by atoms with Gasteiger partial charge in [-0.25, -0.2) is 0 Å². The summed E-state index contributed by atoms with van der Waals surface area (Å²) in [5.74, 6) is 0.810. The fourth-order valence-electron chi connectivity index (χ4n) is 1.81. The van der Waals surface area contributed by atoms with Gasteiger partial charge in [-0.15, -0.1) is 0 Å². The molecule has 1 atom stereocenters. The Bertz CT molecular complexity index is 352. The minimum atomic E-state index is -0.858. The molecule has 0 spiro atoms. The molecule has 0 saturated heterocycles. The molecule has 1 aliphatic heterocycles. The van der Waals surface area contributed by atoms with E-state index in [0.717, 1.165) is 11.3 Å². The first kappa shape index (κ1) is 9.53. The highest BCUT2D eigenvalue weighted by atomic mass is 16.5. The Hall–Kier alpha value is -1.02. The number of aliphatic hydroxyl groups is 1. The zero-order valence-corrected chi connectivity index (χ0v) is 8.87. The van der Waals surface area contributed by atoms with Gasteiger partial charge >= 0.3 is 0 Å². The summed E-state index contributed by atoms with van der Waals surface area (Å²) in [5.41, 5.74) is -0.157. The van der Waals surface area contributed by atoms with E-state index in [1.165, 1.54) is 0 Å². The number of hydrogen-bond donors (Lipinski definition) is 1. The molecule has 2 heteroatoms. The Morgan fingerprint density at radius 3 is 2.57 bits per heavy atom. The minimum absolute atomic E-state index is 0.209. The Labute approximate surface area is 84.5 Å². The zero-order valence-electron chi connectivity index (χ0n) is 8.87. The molecule has 0 aliphatic carbocycles. The van der Waals surface area contributed by atoms with E-state index in [9.17, 15) is 5.11 Å². The summed E-state index contributed by atoms with van der Waals surface area (Å²) in [6.45, 7) is 6.44. The molecular weight excluding hydrogens is 176 g/mol. The van der Waals surface area contributed by atoms with Crippen molar-refractivity contribution in [1.29, 1.82) is 0 Å². The molecule has 0 aromatic heterocycles. The van der Waals surface area contributed by atoms with Crippen LogP contribution in [-0.4, -0.2) is 11.7 Å². The summed E-state index contributed by atoms with van der Waals surface area (Å²) in [5, 5.41) is 10.6. The van der Waals surface area contributed by atoms with Crippen molar-refractivity contribution in [1.82, 2.24) is 0 Å². The first-order chi connectivity index (χ1) is 6.45. The monoisotopic (exact) mass is 192 g/mol. The van der Waals surface area contributed by atoms with E-state index in [1.54, 1.807) is 0 Å². The maximum atomic E-state index is 10.6. The van der Waals surface area contributed by atoms with Crippen LogP contribution >= 0.6 is 0 Å². The van der Waals surface area contributed by atoms with E-state index in [4.69, 9.17) is 4.74 Å². The van der Waals surface area contributed by atoms with Gasteiger partial charge in [-0.3, -0.25) is 0 Å². The Morgan fingerprint density at radius 2 is 1.93 bits per heavy atom. The van der Waals surface area contributed by atoms with Crippen LogP contribution in [0.5, 0.6) is 5.75 Å². The van der Waals surface area contributed by atoms with E-state index in [2.05, 4.69) is 0 Å². The molecule has 0 radical (unpaired) electrons. The van der Waals surface area contributed by atoms with Crippen molar-refractivity contribution in [2.45, 2.75) is 26.4 Å². The van der Waals surface area contributed by atoms with Crippen molar-refractivity contribution >= 4 is 0 Å². The topological polar surface area (TPSA) is 29.5 Å². The minimum Gasteiger partial charge on any atom is -0.490 e. The predicted octanol–water partition coefficient (Wildman–Crippen LogP) is 2.31. The molecule has 0 saturated carbocycles. The number of fused-ring (bicyclic) bond motifs is 1. The number of benzene rings is 1. The van der Waals surface area contributed by atoms with Crippen LogP contribution in [0.3, 0.4) is 0 Å². The van der Waals surface area contributed by atoms with Crippen LogP contribution < -0.4 is 4.74 Å². The van der Waals surface area contributed by atoms with E-state index in [0.29, 0.717) is 6.61 Å². The van der Waals surface area contributed by atoms with Crippen LogP contribution in [0.2, 0.25) is 0 Å². The third-order valence-corrected chi connectivity index (χ3v) is 3.01. The second-order valence-corrected chi connectivity index (χ2v) is 4.90. The fraction of sp³-hybridized carbons (Fsp3) is 0.500. The third-order valence-electron chi connectivity index (χ3n) is 3.01. The molecule has 1 unspecified atom stereocenters. The van der Waals surface area contributed by atoms with Gasteiger partial charge in [-0.1, -0.05) is 39.0 Å². The molecule has 14 heavy (non-hydrogen) atoms. The summed E-state index contributed by atoms with van der Waals surface area (Å²) >= 11 is 0. The lowest BCUT2D eigenvalue weighted by Gasteiger charge is -2.35. The van der Waals surface area contributed by atoms with Crippen molar-refractivity contribution in [3.63, 3.8) is 0 Å². The number of para-hydroxylation sites is 1. The van der Waals surface area contributed by atoms with Crippen molar-refractivity contribution in [3.05, 3.63) is 29.8 Å². The lowest BCUT2D eigenvalue weighted by atomic mass is 9.73. The molecule has 76 valence electrons. The van der Waals surface area contributed by atoms with Gasteiger partial charge in [0.2, 0.25) is 0 Å². The fourth-order valence-corrected chi connectivity index (χ4v) is 1.81. The Balaban J connectivity index is 2.53. The van der Waals surface area contributed by atoms with Gasteiger partial charge in [-0.2, -0.15) is 0 Å². The standard InChI is InChI=1S/C12H16O2/c1-11(2,3)12(13)8-14-10-7-5-4-6-9(10)12/h4-7,13H,8H2,1-3H3. The average Bonchev–Trinajstić information content (AvgIpc) is 2.45. The molecule has 1 aliphatic rings. The van der Waals surface area contributed by atoms with Crippen LogP contribution in [0.1, 0.15) is 26.3 Å². The molecule has 1 aromatic carbocycles. The van der Waals surface area contributed by atoms with Crippen molar-refractivity contribution < 1.29 is 9.84 Å². The van der Waals surface area contributed by atoms with Gasteiger partial charge < -0.3 is 9.84 Å². The van der Waals surface area contributed by atoms with Crippen LogP contribution in [0.25, 0.3) is 0 Å². The molecular formula is C12H16O2. The van der Waals surface area contributed by atoms with Crippen molar-refractivity contribution in [2.75, 3.05) is 6.61 Å². The van der Waals surface area contributed by atoms with Gasteiger partial charge in [-0.05, 0) is 11.5 Å². The zero-order chi connectivity index (χ0) is 10.4. The largest absolute Gasteiger partial charge is 0.490 e. The molecule has 1 heterocycles. The molecule has 1 aromatic rings. The first-order valence-corrected chi connectivity index (χ1v) is 4.90. The van der Waals surface area contributed by atoms with Crippen LogP contribution in [-0.2, 0) is 5.60 Å². The molecule has 0 fully saturated rings. The SMILES string of the molecule is CC(C)(C)C1(O)COc2ccccc21. The summed E-state index contributed by atoms with van der Waals surface area (Å²) in [4.78, 5) is 0. The molecule has 1 N–H and O–H groups in total. The van der Waals surface area contributed by atoms with Gasteiger partial charge in [0.1, 0.15) is 18.0 Å². The lowest BCUT2D eigenvalue weighted by Crippen LogP contribution is -2.41. The third kappa shape index (κ3) is 1.14. The van der Waals surface area contributed by atoms with Gasteiger partial charge in [0.25, 0.3) is 0 Å². The Morgan fingerprint density at radius 1 is 1.29 bits per heavy atom. The van der Waals surface area contributed by atoms with Crippen LogP contribution in [0, 0.1) is 5.41 Å². The first-order valence-electron chi connectivity index (χ1n) is 4.90. The number of rotatable bonds is 0. The van der Waals surface area contributed by atoms with E-state index in [-0.39, 0.29) is 5.41 Å². The normalized spacial score (nSPS) is 25.7. The van der Waals surface area contributed by atoms with E-state index >= 15 is 0 Å². The number of hydrogen-bond acceptors (Lipinski definition) is 2. The Kier molecular flexibility index (Phi) is 1.86. The lowest BCUT2D eigenvalue weighted by molar-refractivity contribution is -0.0748. The quantitative estimate of drug-likeness (QED) is 0.683. The summed E-state index contributed by atoms with van der Waals surface area (Å²) in [7, 11) is 0. The predicted molar refractivity (Wildman–Crippen MR) is 55.3 cm³/mol. The molecule has 0 amide bonds. The highest BCUT2D eigenvalue weighted by Gasteiger charge is 2.47. The van der Waals surface area contributed by atoms with Crippen LogP contribution in [0.15, 0.2) is 24.3 Å². The molecule has 0 bridgehead atoms. The van der Waals surface area contributed by atoms with Crippen LogP contribution in [0.4, 0.5) is 0 Å². The number of ether oxygens (including phenoxy) is 1.